The zero-order chi connectivity index (χ0) is 14.7. The monoisotopic (exact) mass is 309 g/mol. The van der Waals surface area contributed by atoms with Gasteiger partial charge in [0.05, 0.1) is 5.75 Å². The highest BCUT2D eigenvalue weighted by atomic mass is 32.2. The quantitative estimate of drug-likeness (QED) is 0.909. The summed E-state index contributed by atoms with van der Waals surface area (Å²) in [5, 5.41) is 0. The molecular formula is C16H23NO3S. The number of aryl methyl sites for hydroxylation is 1. The molecule has 4 nitrogen and oxygen atoms in total. The number of hydrogen-bond donors (Lipinski definition) is 1. The number of sulfonamides is 1. The average Bonchev–Trinajstić information content (AvgIpc) is 2.99. The first-order valence-electron chi connectivity index (χ1n) is 7.79. The van der Waals surface area contributed by atoms with Crippen LogP contribution < -0.4 is 4.72 Å². The fraction of sp³-hybridized carbons (Fsp3) is 0.625. The predicted octanol–water partition coefficient (Wildman–Crippen LogP) is 2.41. The summed E-state index contributed by atoms with van der Waals surface area (Å²) in [4.78, 5) is 0. The third-order valence-electron chi connectivity index (χ3n) is 4.51. The van der Waals surface area contributed by atoms with Crippen molar-refractivity contribution >= 4 is 10.0 Å². The molecule has 1 aliphatic heterocycles. The van der Waals surface area contributed by atoms with E-state index in [2.05, 4.69) is 10.8 Å². The summed E-state index contributed by atoms with van der Waals surface area (Å²) >= 11 is 0. The summed E-state index contributed by atoms with van der Waals surface area (Å²) in [7, 11) is -3.22. The maximum Gasteiger partial charge on any atom is 0.212 e. The van der Waals surface area contributed by atoms with E-state index in [1.54, 1.807) is 0 Å². The fourth-order valence-electron chi connectivity index (χ4n) is 3.28. The first-order valence-corrected chi connectivity index (χ1v) is 9.45. The van der Waals surface area contributed by atoms with Gasteiger partial charge in [-0.15, -0.1) is 0 Å². The summed E-state index contributed by atoms with van der Waals surface area (Å²) in [5.41, 5.74) is 2.43. The largest absolute Gasteiger partial charge is 0.381 e. The van der Waals surface area contributed by atoms with Gasteiger partial charge in [0, 0.05) is 19.3 Å². The second-order valence-electron chi connectivity index (χ2n) is 6.10. The highest BCUT2D eigenvalue weighted by molar-refractivity contribution is 7.89. The third-order valence-corrected chi connectivity index (χ3v) is 5.93. The van der Waals surface area contributed by atoms with E-state index < -0.39 is 10.0 Å². The summed E-state index contributed by atoms with van der Waals surface area (Å²) in [6.45, 7) is 1.48. The molecule has 1 aliphatic carbocycles. The van der Waals surface area contributed by atoms with E-state index in [1.165, 1.54) is 5.56 Å². The molecule has 2 unspecified atom stereocenters. The smallest absolute Gasteiger partial charge is 0.212 e. The van der Waals surface area contributed by atoms with Gasteiger partial charge >= 0.3 is 0 Å². The summed E-state index contributed by atoms with van der Waals surface area (Å²) in [6, 6.07) is 8.11. The molecule has 1 fully saturated rings. The van der Waals surface area contributed by atoms with Gasteiger partial charge in [-0.2, -0.15) is 0 Å². The topological polar surface area (TPSA) is 55.4 Å². The highest BCUT2D eigenvalue weighted by Crippen LogP contribution is 2.30. The van der Waals surface area contributed by atoms with Crippen LogP contribution >= 0.6 is 0 Å². The number of benzene rings is 1. The van der Waals surface area contributed by atoms with Gasteiger partial charge in [0.2, 0.25) is 10.0 Å². The van der Waals surface area contributed by atoms with Crippen LogP contribution in [0.2, 0.25) is 0 Å². The molecule has 2 atom stereocenters. The van der Waals surface area contributed by atoms with Gasteiger partial charge < -0.3 is 4.74 Å². The molecule has 2 aliphatic rings. The first kappa shape index (κ1) is 15.0. The predicted molar refractivity (Wildman–Crippen MR) is 82.6 cm³/mol. The van der Waals surface area contributed by atoms with Gasteiger partial charge in [-0.1, -0.05) is 24.3 Å². The van der Waals surface area contributed by atoms with Gasteiger partial charge in [-0.3, -0.25) is 0 Å². The lowest BCUT2D eigenvalue weighted by molar-refractivity contribution is 0.185. The molecular weight excluding hydrogens is 286 g/mol. The molecule has 0 bridgehead atoms. The maximum absolute atomic E-state index is 12.3. The fourth-order valence-corrected chi connectivity index (χ4v) is 4.72. The number of rotatable bonds is 5. The van der Waals surface area contributed by atoms with Crippen molar-refractivity contribution in [3.8, 4) is 0 Å². The first-order chi connectivity index (χ1) is 10.1. The highest BCUT2D eigenvalue weighted by Gasteiger charge is 2.25. The molecule has 3 rings (SSSR count). The zero-order valence-corrected chi connectivity index (χ0v) is 13.1. The van der Waals surface area contributed by atoms with Crippen LogP contribution in [0.3, 0.4) is 0 Å². The van der Waals surface area contributed by atoms with Gasteiger partial charge in [-0.05, 0) is 49.1 Å². The van der Waals surface area contributed by atoms with Crippen molar-refractivity contribution in [1.29, 1.82) is 0 Å². The van der Waals surface area contributed by atoms with E-state index in [-0.39, 0.29) is 11.8 Å². The normalized spacial score (nSPS) is 25.7. The lowest BCUT2D eigenvalue weighted by atomic mass is 9.88. The minimum atomic E-state index is -3.22. The average molecular weight is 309 g/mol. The van der Waals surface area contributed by atoms with Gasteiger partial charge in [0.25, 0.3) is 0 Å². The van der Waals surface area contributed by atoms with Crippen LogP contribution in [-0.2, 0) is 21.2 Å². The molecule has 1 saturated heterocycles. The minimum absolute atomic E-state index is 0.0558. The standard InChI is InChI=1S/C16H23NO3S/c18-21(19,11-9-13-8-10-20-12-13)17-16-7-3-5-14-4-1-2-6-15(14)16/h1-2,4,6,13,16-17H,3,5,7-12H2. The van der Waals surface area contributed by atoms with Crippen LogP contribution in [0.4, 0.5) is 0 Å². The summed E-state index contributed by atoms with van der Waals surface area (Å²) < 4.78 is 32.8. The van der Waals surface area contributed by atoms with Crippen molar-refractivity contribution in [1.82, 2.24) is 4.72 Å². The Morgan fingerprint density at radius 3 is 2.90 bits per heavy atom. The molecule has 116 valence electrons. The number of ether oxygens (including phenoxy) is 1. The van der Waals surface area contributed by atoms with E-state index in [1.807, 2.05) is 18.2 Å². The Hall–Kier alpha value is -0.910. The molecule has 0 spiro atoms. The molecule has 0 aromatic heterocycles. The third kappa shape index (κ3) is 3.84. The lowest BCUT2D eigenvalue weighted by Gasteiger charge is -2.26. The lowest BCUT2D eigenvalue weighted by Crippen LogP contribution is -2.33. The van der Waals surface area contributed by atoms with Gasteiger partial charge in [0.1, 0.15) is 0 Å². The van der Waals surface area contributed by atoms with Gasteiger partial charge in [0.15, 0.2) is 0 Å². The summed E-state index contributed by atoms with van der Waals surface area (Å²) in [5.74, 6) is 0.611. The molecule has 0 amide bonds. The Balaban J connectivity index is 1.63. The van der Waals surface area contributed by atoms with Gasteiger partial charge in [-0.25, -0.2) is 13.1 Å². The van der Waals surface area contributed by atoms with E-state index in [4.69, 9.17) is 4.74 Å². The van der Waals surface area contributed by atoms with Crippen molar-refractivity contribution in [2.45, 2.75) is 38.1 Å². The molecule has 21 heavy (non-hydrogen) atoms. The van der Waals surface area contributed by atoms with Crippen molar-refractivity contribution in [3.63, 3.8) is 0 Å². The molecule has 1 aromatic carbocycles. The van der Waals surface area contributed by atoms with Crippen LogP contribution in [0, 0.1) is 5.92 Å². The van der Waals surface area contributed by atoms with Crippen LogP contribution in [0.15, 0.2) is 24.3 Å². The Kier molecular flexibility index (Phi) is 4.62. The second-order valence-corrected chi connectivity index (χ2v) is 7.97. The van der Waals surface area contributed by atoms with Crippen molar-refractivity contribution in [2.75, 3.05) is 19.0 Å². The Labute approximate surface area is 126 Å². The SMILES string of the molecule is O=S(=O)(CCC1CCOC1)NC1CCCc2ccccc21. The molecule has 1 N–H and O–H groups in total. The Morgan fingerprint density at radius 1 is 1.24 bits per heavy atom. The van der Waals surface area contributed by atoms with Crippen LogP contribution in [0.5, 0.6) is 0 Å². The maximum atomic E-state index is 12.3. The number of hydrogen-bond acceptors (Lipinski definition) is 3. The van der Waals surface area contributed by atoms with Crippen molar-refractivity contribution < 1.29 is 13.2 Å². The molecule has 0 saturated carbocycles. The van der Waals surface area contributed by atoms with Crippen LogP contribution in [0.1, 0.15) is 42.9 Å². The Bertz CT molecular complexity index is 579. The van der Waals surface area contributed by atoms with Crippen LogP contribution in [0.25, 0.3) is 0 Å². The number of fused-ring (bicyclic) bond motifs is 1. The molecule has 1 heterocycles. The van der Waals surface area contributed by atoms with E-state index in [0.717, 1.165) is 37.9 Å². The van der Waals surface area contributed by atoms with Crippen LogP contribution in [-0.4, -0.2) is 27.4 Å². The number of nitrogens with one attached hydrogen (secondary N) is 1. The zero-order valence-electron chi connectivity index (χ0n) is 12.3. The van der Waals surface area contributed by atoms with Crippen molar-refractivity contribution in [3.05, 3.63) is 35.4 Å². The summed E-state index contributed by atoms with van der Waals surface area (Å²) in [6.07, 6.45) is 4.67. The van der Waals surface area contributed by atoms with Crippen molar-refractivity contribution in [2.24, 2.45) is 5.92 Å². The van der Waals surface area contributed by atoms with E-state index in [9.17, 15) is 8.42 Å². The minimum Gasteiger partial charge on any atom is -0.381 e. The second kappa shape index (κ2) is 6.46. The molecule has 0 radical (unpaired) electrons. The van der Waals surface area contributed by atoms with E-state index >= 15 is 0 Å². The van der Waals surface area contributed by atoms with E-state index in [0.29, 0.717) is 18.9 Å². The Morgan fingerprint density at radius 2 is 2.10 bits per heavy atom. The molecule has 5 heteroatoms. The molecule has 1 aromatic rings.